The van der Waals surface area contributed by atoms with Gasteiger partial charge in [-0.1, -0.05) is 24.1 Å². The molecule has 2 saturated heterocycles. The van der Waals surface area contributed by atoms with Crippen molar-refractivity contribution in [2.24, 2.45) is 0 Å². The molecule has 178 valence electrons. The third-order valence-corrected chi connectivity index (χ3v) is 7.95. The molecule has 0 unspecified atom stereocenters. The fourth-order valence-electron chi connectivity index (χ4n) is 4.10. The van der Waals surface area contributed by atoms with E-state index < -0.39 is 10.0 Å². The molecule has 8 nitrogen and oxygen atoms in total. The van der Waals surface area contributed by atoms with E-state index in [0.717, 1.165) is 24.9 Å². The molecule has 2 aliphatic rings. The Kier molecular flexibility index (Phi) is 7.75. The number of ether oxygens (including phenoxy) is 1. The quantitative estimate of drug-likeness (QED) is 0.615. The van der Waals surface area contributed by atoms with Crippen LogP contribution in [0.5, 0.6) is 0 Å². The molecule has 2 N–H and O–H groups in total. The van der Waals surface area contributed by atoms with Crippen molar-refractivity contribution in [1.82, 2.24) is 4.31 Å². The highest BCUT2D eigenvalue weighted by molar-refractivity contribution is 7.89. The van der Waals surface area contributed by atoms with Crippen LogP contribution in [0.15, 0.2) is 47.4 Å². The van der Waals surface area contributed by atoms with Gasteiger partial charge < -0.3 is 20.3 Å². The van der Waals surface area contributed by atoms with Crippen LogP contribution in [0.2, 0.25) is 5.02 Å². The standard InChI is InChI=1S/C23H29ClN4O4S/c24-18-5-4-6-19(15-18)26-23(29)17-25-21-16-20(33(30,31)28-9-2-1-3-10-28)7-8-22(21)27-11-13-32-14-12-27/h4-8,15-16,25H,1-3,9-14,17H2,(H,26,29). The molecule has 0 aliphatic carbocycles. The Balaban J connectivity index is 1.55. The summed E-state index contributed by atoms with van der Waals surface area (Å²) in [4.78, 5) is 14.9. The lowest BCUT2D eigenvalue weighted by Crippen LogP contribution is -2.37. The van der Waals surface area contributed by atoms with Gasteiger partial charge in [0.2, 0.25) is 15.9 Å². The van der Waals surface area contributed by atoms with Crippen molar-refractivity contribution < 1.29 is 17.9 Å². The summed E-state index contributed by atoms with van der Waals surface area (Å²) in [5.41, 5.74) is 2.06. The van der Waals surface area contributed by atoms with E-state index in [2.05, 4.69) is 15.5 Å². The first-order valence-corrected chi connectivity index (χ1v) is 13.0. The zero-order valence-electron chi connectivity index (χ0n) is 18.4. The van der Waals surface area contributed by atoms with Gasteiger partial charge in [0.05, 0.1) is 36.0 Å². The first kappa shape index (κ1) is 23.8. The molecule has 0 saturated carbocycles. The third kappa shape index (κ3) is 5.97. The minimum atomic E-state index is -3.59. The van der Waals surface area contributed by atoms with Gasteiger partial charge in [0, 0.05) is 36.9 Å². The fraction of sp³-hybridized carbons (Fsp3) is 0.435. The molecule has 0 spiro atoms. The van der Waals surface area contributed by atoms with Crippen LogP contribution in [0.3, 0.4) is 0 Å². The number of morpholine rings is 1. The SMILES string of the molecule is O=C(CNc1cc(S(=O)(=O)N2CCCCC2)ccc1N1CCOCC1)Nc1cccc(Cl)c1. The largest absolute Gasteiger partial charge is 0.378 e. The van der Waals surface area contributed by atoms with Gasteiger partial charge in [-0.15, -0.1) is 0 Å². The van der Waals surface area contributed by atoms with Crippen LogP contribution < -0.4 is 15.5 Å². The molecule has 2 aromatic rings. The zero-order chi connectivity index (χ0) is 23.3. The van der Waals surface area contributed by atoms with Crippen LogP contribution in [0, 0.1) is 0 Å². The second kappa shape index (κ2) is 10.7. The summed E-state index contributed by atoms with van der Waals surface area (Å²) in [6.45, 7) is 3.65. The van der Waals surface area contributed by atoms with E-state index in [1.165, 1.54) is 0 Å². The van der Waals surface area contributed by atoms with Crippen molar-refractivity contribution in [2.75, 3.05) is 61.5 Å². The van der Waals surface area contributed by atoms with E-state index in [9.17, 15) is 13.2 Å². The van der Waals surface area contributed by atoms with E-state index >= 15 is 0 Å². The van der Waals surface area contributed by atoms with Gasteiger partial charge in [0.15, 0.2) is 0 Å². The monoisotopic (exact) mass is 492 g/mol. The van der Waals surface area contributed by atoms with Crippen molar-refractivity contribution in [3.05, 3.63) is 47.5 Å². The Bertz CT molecular complexity index is 1080. The summed E-state index contributed by atoms with van der Waals surface area (Å²) >= 11 is 5.99. The first-order valence-electron chi connectivity index (χ1n) is 11.2. The number of rotatable bonds is 7. The lowest BCUT2D eigenvalue weighted by molar-refractivity contribution is -0.114. The molecule has 2 fully saturated rings. The molecule has 2 aromatic carbocycles. The second-order valence-corrected chi connectivity index (χ2v) is 10.5. The maximum absolute atomic E-state index is 13.2. The van der Waals surface area contributed by atoms with Gasteiger partial charge in [-0.05, 0) is 49.2 Å². The highest BCUT2D eigenvalue weighted by Gasteiger charge is 2.27. The predicted molar refractivity (Wildman–Crippen MR) is 131 cm³/mol. The van der Waals surface area contributed by atoms with Crippen molar-refractivity contribution in [2.45, 2.75) is 24.2 Å². The average Bonchev–Trinajstić information content (AvgIpc) is 2.83. The topological polar surface area (TPSA) is 91.0 Å². The highest BCUT2D eigenvalue weighted by atomic mass is 35.5. The third-order valence-electron chi connectivity index (χ3n) is 5.82. The first-order chi connectivity index (χ1) is 15.9. The van der Waals surface area contributed by atoms with Crippen LogP contribution in [-0.4, -0.2) is 64.6 Å². The van der Waals surface area contributed by atoms with E-state index in [0.29, 0.717) is 55.8 Å². The Labute approximate surface area is 199 Å². The lowest BCUT2D eigenvalue weighted by Gasteiger charge is -2.31. The average molecular weight is 493 g/mol. The van der Waals surface area contributed by atoms with Crippen LogP contribution >= 0.6 is 11.6 Å². The molecular weight excluding hydrogens is 464 g/mol. The lowest BCUT2D eigenvalue weighted by atomic mass is 10.2. The normalized spacial score (nSPS) is 17.5. The number of nitrogens with zero attached hydrogens (tertiary/aromatic N) is 2. The number of amides is 1. The fourth-order valence-corrected chi connectivity index (χ4v) is 5.83. The summed E-state index contributed by atoms with van der Waals surface area (Å²) in [7, 11) is -3.59. The van der Waals surface area contributed by atoms with Crippen molar-refractivity contribution >= 4 is 44.6 Å². The Morgan fingerprint density at radius 3 is 2.48 bits per heavy atom. The van der Waals surface area contributed by atoms with E-state index in [-0.39, 0.29) is 17.3 Å². The van der Waals surface area contributed by atoms with Crippen LogP contribution in [-0.2, 0) is 19.6 Å². The number of piperidine rings is 1. The summed E-state index contributed by atoms with van der Waals surface area (Å²) in [5, 5.41) is 6.49. The van der Waals surface area contributed by atoms with E-state index in [1.807, 2.05) is 6.07 Å². The molecule has 0 radical (unpaired) electrons. The van der Waals surface area contributed by atoms with Crippen LogP contribution in [0.25, 0.3) is 0 Å². The molecule has 1 amide bonds. The number of sulfonamides is 1. The van der Waals surface area contributed by atoms with Crippen LogP contribution in [0.4, 0.5) is 17.1 Å². The van der Waals surface area contributed by atoms with E-state index in [1.54, 1.807) is 40.7 Å². The molecule has 0 bridgehead atoms. The van der Waals surface area contributed by atoms with Gasteiger partial charge in [-0.2, -0.15) is 4.31 Å². The Morgan fingerprint density at radius 2 is 1.76 bits per heavy atom. The van der Waals surface area contributed by atoms with Gasteiger partial charge in [-0.25, -0.2) is 8.42 Å². The number of carbonyl (C=O) groups is 1. The summed E-state index contributed by atoms with van der Waals surface area (Å²) in [6, 6.07) is 12.0. The number of hydrogen-bond acceptors (Lipinski definition) is 6. The summed E-state index contributed by atoms with van der Waals surface area (Å²) in [5.74, 6) is -0.255. The maximum Gasteiger partial charge on any atom is 0.243 e. The zero-order valence-corrected chi connectivity index (χ0v) is 20.0. The molecule has 0 aromatic heterocycles. The Morgan fingerprint density at radius 1 is 1.00 bits per heavy atom. The highest BCUT2D eigenvalue weighted by Crippen LogP contribution is 2.31. The molecule has 10 heteroatoms. The Hall–Kier alpha value is -2.33. The maximum atomic E-state index is 13.2. The molecule has 2 aliphatic heterocycles. The predicted octanol–water partition coefficient (Wildman–Crippen LogP) is 3.40. The molecule has 0 atom stereocenters. The van der Waals surface area contributed by atoms with Crippen molar-refractivity contribution in [3.63, 3.8) is 0 Å². The number of hydrogen-bond donors (Lipinski definition) is 2. The number of carbonyl (C=O) groups excluding carboxylic acids is 1. The van der Waals surface area contributed by atoms with Gasteiger partial charge >= 0.3 is 0 Å². The number of nitrogens with one attached hydrogen (secondary N) is 2. The summed E-state index contributed by atoms with van der Waals surface area (Å²) < 4.78 is 33.4. The van der Waals surface area contributed by atoms with Crippen LogP contribution in [0.1, 0.15) is 19.3 Å². The molecule has 33 heavy (non-hydrogen) atoms. The van der Waals surface area contributed by atoms with E-state index in [4.69, 9.17) is 16.3 Å². The number of anilines is 3. The van der Waals surface area contributed by atoms with Gasteiger partial charge in [0.25, 0.3) is 0 Å². The smallest absolute Gasteiger partial charge is 0.243 e. The molecular formula is C23H29ClN4O4S. The van der Waals surface area contributed by atoms with Gasteiger partial charge in [0.1, 0.15) is 0 Å². The minimum Gasteiger partial charge on any atom is -0.378 e. The molecule has 4 rings (SSSR count). The summed E-state index contributed by atoms with van der Waals surface area (Å²) in [6.07, 6.45) is 2.80. The minimum absolute atomic E-state index is 0.0168. The number of benzene rings is 2. The second-order valence-electron chi connectivity index (χ2n) is 8.16. The van der Waals surface area contributed by atoms with Gasteiger partial charge in [-0.3, -0.25) is 4.79 Å². The van der Waals surface area contributed by atoms with Crippen molar-refractivity contribution in [3.8, 4) is 0 Å². The number of halogens is 1. The molecule has 2 heterocycles. The van der Waals surface area contributed by atoms with Crippen molar-refractivity contribution in [1.29, 1.82) is 0 Å².